The zero-order valence-corrected chi connectivity index (χ0v) is 17.2. The molecule has 7 nitrogen and oxygen atoms in total. The molecule has 1 saturated carbocycles. The fourth-order valence-corrected chi connectivity index (χ4v) is 4.46. The highest BCUT2D eigenvalue weighted by Crippen LogP contribution is 2.36. The molecule has 0 unspecified atom stereocenters. The van der Waals surface area contributed by atoms with Crippen LogP contribution in [0.3, 0.4) is 0 Å². The molecule has 27 heavy (non-hydrogen) atoms. The van der Waals surface area contributed by atoms with E-state index in [9.17, 15) is 14.4 Å². The van der Waals surface area contributed by atoms with Gasteiger partial charge in [-0.3, -0.25) is 14.5 Å². The number of hydrogen-bond donors (Lipinski definition) is 1. The number of rotatable bonds is 4. The highest BCUT2D eigenvalue weighted by atomic mass is 16.2. The van der Waals surface area contributed by atoms with E-state index in [2.05, 4.69) is 17.1 Å². The molecule has 2 saturated heterocycles. The Bertz CT molecular complexity index is 590. The summed E-state index contributed by atoms with van der Waals surface area (Å²) in [4.78, 5) is 43.2. The molecule has 0 radical (unpaired) electrons. The predicted molar refractivity (Wildman–Crippen MR) is 103 cm³/mol. The molecule has 7 heteroatoms. The fourth-order valence-electron chi connectivity index (χ4n) is 4.46. The lowest BCUT2D eigenvalue weighted by Crippen LogP contribution is -2.50. The molecule has 1 aliphatic carbocycles. The number of nitrogens with zero attached hydrogens (tertiary/aromatic N) is 3. The first-order valence-electron chi connectivity index (χ1n) is 10.4. The molecule has 0 aromatic heterocycles. The van der Waals surface area contributed by atoms with E-state index in [1.54, 1.807) is 0 Å². The largest absolute Gasteiger partial charge is 0.343 e. The lowest BCUT2D eigenvalue weighted by molar-refractivity contribution is -0.139. The van der Waals surface area contributed by atoms with Gasteiger partial charge in [-0.25, -0.2) is 9.69 Å². The molecular weight excluding hydrogens is 344 g/mol. The molecule has 0 aromatic rings. The maximum Gasteiger partial charge on any atom is 0.326 e. The summed E-state index contributed by atoms with van der Waals surface area (Å²) in [5.41, 5.74) is -0.669. The molecule has 3 rings (SSSR count). The summed E-state index contributed by atoms with van der Waals surface area (Å²) in [7, 11) is 1.86. The summed E-state index contributed by atoms with van der Waals surface area (Å²) in [6.07, 6.45) is 5.01. The minimum absolute atomic E-state index is 0.0444. The first-order valence-corrected chi connectivity index (χ1v) is 10.4. The summed E-state index contributed by atoms with van der Waals surface area (Å²) >= 11 is 0. The minimum Gasteiger partial charge on any atom is -0.343 e. The van der Waals surface area contributed by atoms with Crippen LogP contribution in [-0.4, -0.2) is 70.9 Å². The molecule has 152 valence electrons. The lowest BCUT2D eigenvalue weighted by Gasteiger charge is -2.36. The SMILES string of the molecule is CC1CCC2(CC1)NC(=O)N(CN1CCC(C(=O)N(C)C(C)C)CC1)C2=O. The topological polar surface area (TPSA) is 73.0 Å². The average Bonchev–Trinajstić information content (AvgIpc) is 2.88. The number of amides is 4. The Balaban J connectivity index is 1.54. The van der Waals surface area contributed by atoms with Crippen LogP contribution in [0.1, 0.15) is 59.3 Å². The van der Waals surface area contributed by atoms with E-state index in [4.69, 9.17) is 0 Å². The Kier molecular flexibility index (Phi) is 5.79. The molecule has 3 fully saturated rings. The third-order valence-electron chi connectivity index (χ3n) is 6.77. The van der Waals surface area contributed by atoms with Crippen molar-refractivity contribution in [3.63, 3.8) is 0 Å². The lowest BCUT2D eigenvalue weighted by atomic mass is 9.77. The highest BCUT2D eigenvalue weighted by molar-refractivity contribution is 6.07. The van der Waals surface area contributed by atoms with Crippen molar-refractivity contribution in [2.75, 3.05) is 26.8 Å². The van der Waals surface area contributed by atoms with Crippen LogP contribution >= 0.6 is 0 Å². The zero-order valence-electron chi connectivity index (χ0n) is 17.2. The van der Waals surface area contributed by atoms with E-state index in [-0.39, 0.29) is 29.8 Å². The highest BCUT2D eigenvalue weighted by Gasteiger charge is 2.52. The van der Waals surface area contributed by atoms with Gasteiger partial charge in [-0.2, -0.15) is 0 Å². The Hall–Kier alpha value is -1.63. The maximum absolute atomic E-state index is 13.0. The number of carbonyl (C=O) groups is 3. The van der Waals surface area contributed by atoms with Gasteiger partial charge >= 0.3 is 6.03 Å². The van der Waals surface area contributed by atoms with Gasteiger partial charge < -0.3 is 10.2 Å². The Morgan fingerprint density at radius 2 is 1.78 bits per heavy atom. The van der Waals surface area contributed by atoms with Gasteiger partial charge in [0, 0.05) is 32.1 Å². The molecule has 1 spiro atoms. The first-order chi connectivity index (χ1) is 12.7. The van der Waals surface area contributed by atoms with E-state index in [0.717, 1.165) is 51.6 Å². The number of carbonyl (C=O) groups excluding carboxylic acids is 3. The van der Waals surface area contributed by atoms with Crippen molar-refractivity contribution in [2.24, 2.45) is 11.8 Å². The number of nitrogens with one attached hydrogen (secondary N) is 1. The number of urea groups is 1. The monoisotopic (exact) mass is 378 g/mol. The first kappa shape index (κ1) is 20.1. The molecule has 2 heterocycles. The van der Waals surface area contributed by atoms with Gasteiger partial charge in [0.05, 0.1) is 6.67 Å². The summed E-state index contributed by atoms with van der Waals surface area (Å²) in [5.74, 6) is 0.810. The van der Waals surface area contributed by atoms with Crippen molar-refractivity contribution in [2.45, 2.75) is 70.9 Å². The number of likely N-dealkylation sites (tertiary alicyclic amines) is 1. The summed E-state index contributed by atoms with van der Waals surface area (Å²) in [6, 6.07) is -0.0526. The van der Waals surface area contributed by atoms with Crippen LogP contribution in [0.4, 0.5) is 4.79 Å². The van der Waals surface area contributed by atoms with Crippen molar-refractivity contribution in [3.05, 3.63) is 0 Å². The minimum atomic E-state index is -0.669. The van der Waals surface area contributed by atoms with Crippen molar-refractivity contribution in [1.29, 1.82) is 0 Å². The summed E-state index contributed by atoms with van der Waals surface area (Å²) < 4.78 is 0. The van der Waals surface area contributed by atoms with E-state index in [1.165, 1.54) is 4.90 Å². The maximum atomic E-state index is 13.0. The van der Waals surface area contributed by atoms with Gasteiger partial charge in [-0.15, -0.1) is 0 Å². The normalized spacial score (nSPS) is 30.3. The molecule has 0 atom stereocenters. The Morgan fingerprint density at radius 3 is 2.33 bits per heavy atom. The molecule has 2 aliphatic heterocycles. The molecule has 0 aromatic carbocycles. The quantitative estimate of drug-likeness (QED) is 0.760. The molecular formula is C20H34N4O3. The van der Waals surface area contributed by atoms with Crippen LogP contribution in [0.15, 0.2) is 0 Å². The van der Waals surface area contributed by atoms with Gasteiger partial charge in [0.25, 0.3) is 5.91 Å². The van der Waals surface area contributed by atoms with E-state index < -0.39 is 5.54 Å². The molecule has 1 N–H and O–H groups in total. The second kappa shape index (κ2) is 7.78. The van der Waals surface area contributed by atoms with Crippen molar-refractivity contribution < 1.29 is 14.4 Å². The summed E-state index contributed by atoms with van der Waals surface area (Å²) in [6.45, 7) is 8.06. The van der Waals surface area contributed by atoms with Gasteiger partial charge in [-0.05, 0) is 58.3 Å². The van der Waals surface area contributed by atoms with E-state index >= 15 is 0 Å². The standard InChI is InChI=1S/C20H34N4O3/c1-14(2)22(4)17(25)16-7-11-23(12-8-16)13-24-18(26)20(21-19(24)27)9-5-15(3)6-10-20/h14-16H,5-13H2,1-4H3,(H,21,27). The van der Waals surface area contributed by atoms with Gasteiger partial charge in [0.15, 0.2) is 0 Å². The van der Waals surface area contributed by atoms with Gasteiger partial charge in [-0.1, -0.05) is 6.92 Å². The Labute approximate surface area is 162 Å². The Morgan fingerprint density at radius 1 is 1.19 bits per heavy atom. The third kappa shape index (κ3) is 3.98. The number of piperidine rings is 1. The van der Waals surface area contributed by atoms with E-state index in [1.807, 2.05) is 25.8 Å². The van der Waals surface area contributed by atoms with Crippen molar-refractivity contribution in [3.8, 4) is 0 Å². The third-order valence-corrected chi connectivity index (χ3v) is 6.77. The van der Waals surface area contributed by atoms with Crippen LogP contribution in [0, 0.1) is 11.8 Å². The fraction of sp³-hybridized carbons (Fsp3) is 0.850. The molecule has 3 aliphatic rings. The van der Waals surface area contributed by atoms with E-state index in [0.29, 0.717) is 12.6 Å². The summed E-state index contributed by atoms with van der Waals surface area (Å²) in [5, 5.41) is 2.98. The number of hydrogen-bond acceptors (Lipinski definition) is 4. The van der Waals surface area contributed by atoms with Crippen molar-refractivity contribution >= 4 is 17.8 Å². The molecule has 4 amide bonds. The van der Waals surface area contributed by atoms with Crippen LogP contribution in [0.2, 0.25) is 0 Å². The predicted octanol–water partition coefficient (Wildman–Crippen LogP) is 2.02. The molecule has 0 bridgehead atoms. The van der Waals surface area contributed by atoms with Crippen LogP contribution in [0.25, 0.3) is 0 Å². The van der Waals surface area contributed by atoms with Gasteiger partial charge in [0.1, 0.15) is 5.54 Å². The second-order valence-electron chi connectivity index (χ2n) is 9.00. The van der Waals surface area contributed by atoms with Crippen molar-refractivity contribution in [1.82, 2.24) is 20.0 Å². The zero-order chi connectivity index (χ0) is 19.8. The number of imide groups is 1. The smallest absolute Gasteiger partial charge is 0.326 e. The van der Waals surface area contributed by atoms with Crippen LogP contribution in [-0.2, 0) is 9.59 Å². The average molecular weight is 379 g/mol. The van der Waals surface area contributed by atoms with Crippen LogP contribution in [0.5, 0.6) is 0 Å². The second-order valence-corrected chi connectivity index (χ2v) is 9.00. The van der Waals surface area contributed by atoms with Crippen LogP contribution < -0.4 is 5.32 Å². The van der Waals surface area contributed by atoms with Gasteiger partial charge in [0.2, 0.25) is 5.91 Å².